The fourth-order valence-electron chi connectivity index (χ4n) is 3.64. The lowest BCUT2D eigenvalue weighted by molar-refractivity contribution is -0.137. The molecule has 174 valence electrons. The van der Waals surface area contributed by atoms with Crippen LogP contribution in [0.15, 0.2) is 84.6 Å². The van der Waals surface area contributed by atoms with Gasteiger partial charge < -0.3 is 19.5 Å². The van der Waals surface area contributed by atoms with E-state index in [4.69, 9.17) is 14.2 Å². The first-order valence-corrected chi connectivity index (χ1v) is 11.0. The lowest BCUT2D eigenvalue weighted by atomic mass is 10.0. The molecule has 0 radical (unpaired) electrons. The van der Waals surface area contributed by atoms with Gasteiger partial charge in [0, 0.05) is 5.69 Å². The van der Waals surface area contributed by atoms with Crippen LogP contribution in [0.4, 0.5) is 5.69 Å². The van der Waals surface area contributed by atoms with Crippen LogP contribution < -0.4 is 19.5 Å². The molecule has 2 amide bonds. The van der Waals surface area contributed by atoms with Crippen molar-refractivity contribution in [3.8, 4) is 17.2 Å². The summed E-state index contributed by atoms with van der Waals surface area (Å²) in [6.45, 7) is 2.77. The Morgan fingerprint density at radius 2 is 1.38 bits per heavy atom. The number of imide groups is 1. The van der Waals surface area contributed by atoms with E-state index in [-0.39, 0.29) is 24.8 Å². The van der Waals surface area contributed by atoms with E-state index >= 15 is 0 Å². The number of amides is 2. The summed E-state index contributed by atoms with van der Waals surface area (Å²) in [6.07, 6.45) is 0. The van der Waals surface area contributed by atoms with Crippen LogP contribution in [0, 0.1) is 0 Å². The SMILES string of the molecule is CCOc1ccc(NC2=C(c3ccccc3)C(=O)N(CCOc3ccc(OC)cc3)C2=O)cc1. The molecule has 1 aliphatic heterocycles. The summed E-state index contributed by atoms with van der Waals surface area (Å²) in [5.74, 6) is 1.33. The number of carbonyl (C=O) groups is 2. The molecule has 0 atom stereocenters. The fourth-order valence-corrected chi connectivity index (χ4v) is 3.64. The van der Waals surface area contributed by atoms with Gasteiger partial charge in [0.15, 0.2) is 0 Å². The van der Waals surface area contributed by atoms with Crippen LogP contribution >= 0.6 is 0 Å². The van der Waals surface area contributed by atoms with Crippen molar-refractivity contribution >= 4 is 23.1 Å². The molecular formula is C27H26N2O5. The number of rotatable bonds is 10. The maximum absolute atomic E-state index is 13.3. The quantitative estimate of drug-likeness (QED) is 0.455. The molecule has 0 spiro atoms. The summed E-state index contributed by atoms with van der Waals surface area (Å²) >= 11 is 0. The fraction of sp³-hybridized carbons (Fsp3) is 0.185. The van der Waals surface area contributed by atoms with E-state index in [0.29, 0.717) is 29.2 Å². The molecule has 0 saturated heterocycles. The second kappa shape index (κ2) is 10.6. The van der Waals surface area contributed by atoms with Crippen molar-refractivity contribution in [3.63, 3.8) is 0 Å². The third kappa shape index (κ3) is 5.04. The summed E-state index contributed by atoms with van der Waals surface area (Å²) in [5, 5.41) is 3.15. The molecule has 0 aromatic heterocycles. The molecule has 3 aromatic carbocycles. The molecule has 1 heterocycles. The zero-order chi connectivity index (χ0) is 23.9. The van der Waals surface area contributed by atoms with Crippen molar-refractivity contribution in [2.24, 2.45) is 0 Å². The predicted molar refractivity (Wildman–Crippen MR) is 130 cm³/mol. The van der Waals surface area contributed by atoms with Crippen LogP contribution in [0.1, 0.15) is 12.5 Å². The van der Waals surface area contributed by atoms with Crippen LogP contribution in [0.2, 0.25) is 0 Å². The summed E-state index contributed by atoms with van der Waals surface area (Å²) in [6, 6.07) is 23.6. The van der Waals surface area contributed by atoms with E-state index in [1.54, 1.807) is 31.4 Å². The van der Waals surface area contributed by atoms with Crippen molar-refractivity contribution in [1.29, 1.82) is 0 Å². The van der Waals surface area contributed by atoms with E-state index < -0.39 is 5.91 Å². The Hall–Kier alpha value is -4.26. The molecule has 1 N–H and O–H groups in total. The lowest BCUT2D eigenvalue weighted by Crippen LogP contribution is -2.36. The van der Waals surface area contributed by atoms with Crippen LogP contribution in [0.25, 0.3) is 5.57 Å². The van der Waals surface area contributed by atoms with E-state index in [2.05, 4.69) is 5.32 Å². The van der Waals surface area contributed by atoms with Gasteiger partial charge in [-0.05, 0) is 61.0 Å². The monoisotopic (exact) mass is 458 g/mol. The number of anilines is 1. The van der Waals surface area contributed by atoms with Crippen LogP contribution in [0.3, 0.4) is 0 Å². The van der Waals surface area contributed by atoms with Crippen molar-refractivity contribution in [3.05, 3.63) is 90.1 Å². The molecule has 0 bridgehead atoms. The number of hydrogen-bond donors (Lipinski definition) is 1. The second-order valence-corrected chi connectivity index (χ2v) is 7.48. The maximum atomic E-state index is 13.3. The minimum Gasteiger partial charge on any atom is -0.497 e. The number of carbonyl (C=O) groups excluding carboxylic acids is 2. The van der Waals surface area contributed by atoms with Gasteiger partial charge in [0.1, 0.15) is 29.6 Å². The van der Waals surface area contributed by atoms with Gasteiger partial charge in [0.2, 0.25) is 0 Å². The second-order valence-electron chi connectivity index (χ2n) is 7.48. The van der Waals surface area contributed by atoms with E-state index in [1.165, 1.54) is 4.90 Å². The predicted octanol–water partition coefficient (Wildman–Crippen LogP) is 4.36. The highest BCUT2D eigenvalue weighted by Crippen LogP contribution is 2.31. The first-order valence-electron chi connectivity index (χ1n) is 11.0. The van der Waals surface area contributed by atoms with E-state index in [1.807, 2.05) is 61.5 Å². The van der Waals surface area contributed by atoms with Gasteiger partial charge in [0.25, 0.3) is 11.8 Å². The Morgan fingerprint density at radius 1 is 0.765 bits per heavy atom. The summed E-state index contributed by atoms with van der Waals surface area (Å²) in [7, 11) is 1.59. The molecular weight excluding hydrogens is 432 g/mol. The Kier molecular flexibility index (Phi) is 7.13. The van der Waals surface area contributed by atoms with Gasteiger partial charge in [-0.15, -0.1) is 0 Å². The van der Waals surface area contributed by atoms with Crippen molar-refractivity contribution in [2.75, 3.05) is 32.2 Å². The third-order valence-corrected chi connectivity index (χ3v) is 5.31. The van der Waals surface area contributed by atoms with Crippen molar-refractivity contribution in [1.82, 2.24) is 4.90 Å². The summed E-state index contributed by atoms with van der Waals surface area (Å²) in [4.78, 5) is 27.8. The standard InChI is InChI=1S/C27H26N2O5/c1-3-33-22-11-9-20(10-12-22)28-25-24(19-7-5-4-6-8-19)26(30)29(27(25)31)17-18-34-23-15-13-21(32-2)14-16-23/h4-16,28H,3,17-18H2,1-2H3. The lowest BCUT2D eigenvalue weighted by Gasteiger charge is -2.16. The van der Waals surface area contributed by atoms with Gasteiger partial charge in [0.05, 0.1) is 25.8 Å². The Morgan fingerprint density at radius 3 is 2.03 bits per heavy atom. The molecule has 4 rings (SSSR count). The Labute approximate surface area is 198 Å². The van der Waals surface area contributed by atoms with Crippen molar-refractivity contribution < 1.29 is 23.8 Å². The largest absolute Gasteiger partial charge is 0.497 e. The first-order chi connectivity index (χ1) is 16.6. The van der Waals surface area contributed by atoms with Gasteiger partial charge in [-0.25, -0.2) is 0 Å². The van der Waals surface area contributed by atoms with Crippen LogP contribution in [-0.4, -0.2) is 43.6 Å². The zero-order valence-electron chi connectivity index (χ0n) is 19.1. The molecule has 7 heteroatoms. The third-order valence-electron chi connectivity index (χ3n) is 5.31. The number of ether oxygens (including phenoxy) is 3. The molecule has 7 nitrogen and oxygen atoms in total. The highest BCUT2D eigenvalue weighted by molar-refractivity contribution is 6.36. The van der Waals surface area contributed by atoms with Gasteiger partial charge in [-0.1, -0.05) is 30.3 Å². The molecule has 0 saturated carbocycles. The Bertz CT molecular complexity index is 1170. The zero-order valence-corrected chi connectivity index (χ0v) is 19.1. The Balaban J connectivity index is 1.52. The van der Waals surface area contributed by atoms with E-state index in [9.17, 15) is 9.59 Å². The normalized spacial score (nSPS) is 13.3. The van der Waals surface area contributed by atoms with Gasteiger partial charge in [-0.3, -0.25) is 14.5 Å². The molecule has 0 fully saturated rings. The van der Waals surface area contributed by atoms with Gasteiger partial charge >= 0.3 is 0 Å². The van der Waals surface area contributed by atoms with Crippen LogP contribution in [0.5, 0.6) is 17.2 Å². The highest BCUT2D eigenvalue weighted by Gasteiger charge is 2.39. The number of nitrogens with one attached hydrogen (secondary N) is 1. The van der Waals surface area contributed by atoms with Crippen molar-refractivity contribution in [2.45, 2.75) is 6.92 Å². The average molecular weight is 459 g/mol. The molecule has 1 aliphatic rings. The summed E-state index contributed by atoms with van der Waals surface area (Å²) < 4.78 is 16.4. The van der Waals surface area contributed by atoms with Crippen LogP contribution in [-0.2, 0) is 9.59 Å². The first kappa shape index (κ1) is 22.9. The number of nitrogens with zero attached hydrogens (tertiary/aromatic N) is 1. The summed E-state index contributed by atoms with van der Waals surface area (Å²) in [5.41, 5.74) is 1.94. The minimum absolute atomic E-state index is 0.120. The topological polar surface area (TPSA) is 77.1 Å². The number of hydrogen-bond acceptors (Lipinski definition) is 6. The number of methoxy groups -OCH3 is 1. The average Bonchev–Trinajstić information content (AvgIpc) is 3.10. The van der Waals surface area contributed by atoms with E-state index in [0.717, 1.165) is 11.5 Å². The smallest absolute Gasteiger partial charge is 0.278 e. The highest BCUT2D eigenvalue weighted by atomic mass is 16.5. The number of benzene rings is 3. The molecule has 34 heavy (non-hydrogen) atoms. The van der Waals surface area contributed by atoms with Gasteiger partial charge in [-0.2, -0.15) is 0 Å². The molecule has 0 aliphatic carbocycles. The maximum Gasteiger partial charge on any atom is 0.278 e. The minimum atomic E-state index is -0.393. The molecule has 0 unspecified atom stereocenters. The molecule has 3 aromatic rings.